The fraction of sp³-hybridized carbons (Fsp3) is 1.00. The highest BCUT2D eigenvalue weighted by Crippen LogP contribution is 2.06. The minimum atomic E-state index is 1.15. The average molecular weight is 229 g/mol. The fourth-order valence-corrected chi connectivity index (χ4v) is 2.74. The lowest BCUT2D eigenvalue weighted by Gasteiger charge is -1.95. The van der Waals surface area contributed by atoms with Crippen LogP contribution in [-0.4, -0.2) is 28.8 Å². The second kappa shape index (κ2) is 9.18. The molecule has 0 amide bonds. The van der Waals surface area contributed by atoms with E-state index in [-0.39, 0.29) is 0 Å². The van der Waals surface area contributed by atoms with Crippen LogP contribution in [0.5, 0.6) is 0 Å². The van der Waals surface area contributed by atoms with Crippen molar-refractivity contribution in [3.8, 4) is 0 Å². The van der Waals surface area contributed by atoms with Crippen molar-refractivity contribution >= 4 is 39.5 Å². The van der Waals surface area contributed by atoms with Gasteiger partial charge in [0.25, 0.3) is 0 Å². The molecule has 0 aliphatic carbocycles. The van der Waals surface area contributed by atoms with Crippen molar-refractivity contribution < 1.29 is 0 Å². The zero-order valence-electron chi connectivity index (χ0n) is 5.73. The summed E-state index contributed by atoms with van der Waals surface area (Å²) in [5.41, 5.74) is 0. The Balaban J connectivity index is 2.60. The third-order valence-electron chi connectivity index (χ3n) is 0.854. The van der Waals surface area contributed by atoms with Crippen LogP contribution in [0.2, 0.25) is 0 Å². The van der Waals surface area contributed by atoms with Crippen LogP contribution in [0.3, 0.4) is 0 Å². The van der Waals surface area contributed by atoms with E-state index in [4.69, 9.17) is 0 Å². The Hall–Kier alpha value is 1.18. The first kappa shape index (κ1) is 10.2. The first-order chi connectivity index (χ1) is 4.41. The van der Waals surface area contributed by atoms with Crippen molar-refractivity contribution in [2.75, 3.05) is 28.8 Å². The Labute approximate surface area is 74.7 Å². The molecule has 3 heteroatoms. The SMILES string of the molecule is CSCCSCCCBr. The molecule has 0 bridgehead atoms. The number of halogens is 1. The van der Waals surface area contributed by atoms with E-state index in [2.05, 4.69) is 33.9 Å². The lowest BCUT2D eigenvalue weighted by molar-refractivity contribution is 1.13. The quantitative estimate of drug-likeness (QED) is 0.507. The first-order valence-electron chi connectivity index (χ1n) is 3.04. The fourth-order valence-electron chi connectivity index (χ4n) is 0.401. The summed E-state index contributed by atoms with van der Waals surface area (Å²) in [6.45, 7) is 0. The first-order valence-corrected chi connectivity index (χ1v) is 6.71. The number of hydrogen-bond acceptors (Lipinski definition) is 2. The molecule has 0 rings (SSSR count). The molecule has 0 fully saturated rings. The zero-order chi connectivity index (χ0) is 6.95. The summed E-state index contributed by atoms with van der Waals surface area (Å²) in [5.74, 6) is 3.92. The van der Waals surface area contributed by atoms with Crippen molar-refractivity contribution in [3.63, 3.8) is 0 Å². The van der Waals surface area contributed by atoms with E-state index in [1.807, 2.05) is 11.8 Å². The Kier molecular flexibility index (Phi) is 10.4. The smallest absolute Gasteiger partial charge is 0.00391 e. The Morgan fingerprint density at radius 1 is 1.22 bits per heavy atom. The monoisotopic (exact) mass is 228 g/mol. The molecule has 0 spiro atoms. The van der Waals surface area contributed by atoms with E-state index < -0.39 is 0 Å². The van der Waals surface area contributed by atoms with Crippen molar-refractivity contribution in [2.45, 2.75) is 6.42 Å². The molecule has 0 saturated heterocycles. The molecule has 0 radical (unpaired) electrons. The summed E-state index contributed by atoms with van der Waals surface area (Å²) in [6, 6.07) is 0. The lowest BCUT2D eigenvalue weighted by atomic mass is 10.6. The van der Waals surface area contributed by atoms with Crippen molar-refractivity contribution in [1.82, 2.24) is 0 Å². The summed E-state index contributed by atoms with van der Waals surface area (Å²) >= 11 is 7.38. The third kappa shape index (κ3) is 9.18. The van der Waals surface area contributed by atoms with Gasteiger partial charge in [0.2, 0.25) is 0 Å². The summed E-state index contributed by atoms with van der Waals surface area (Å²) < 4.78 is 0. The molecule has 0 aromatic carbocycles. The molecule has 0 nitrogen and oxygen atoms in total. The van der Waals surface area contributed by atoms with Crippen LogP contribution in [0, 0.1) is 0 Å². The molecular formula is C6H13BrS2. The van der Waals surface area contributed by atoms with E-state index in [0.29, 0.717) is 0 Å². The summed E-state index contributed by atoms with van der Waals surface area (Å²) in [4.78, 5) is 0. The highest BCUT2D eigenvalue weighted by Gasteiger charge is 1.86. The molecule has 0 heterocycles. The lowest BCUT2D eigenvalue weighted by Crippen LogP contribution is -1.86. The van der Waals surface area contributed by atoms with Crippen LogP contribution in [0.25, 0.3) is 0 Å². The summed E-state index contributed by atoms with van der Waals surface area (Å²) in [5, 5.41) is 1.15. The van der Waals surface area contributed by atoms with Gasteiger partial charge in [-0.15, -0.1) is 0 Å². The molecule has 0 aromatic rings. The van der Waals surface area contributed by atoms with Gasteiger partial charge in [0.1, 0.15) is 0 Å². The number of thioether (sulfide) groups is 2. The van der Waals surface area contributed by atoms with Gasteiger partial charge in [0, 0.05) is 16.8 Å². The second-order valence-corrected chi connectivity index (χ2v) is 4.65. The summed E-state index contributed by atoms with van der Waals surface area (Å²) in [7, 11) is 0. The molecule has 0 aromatic heterocycles. The molecule has 56 valence electrons. The maximum absolute atomic E-state index is 3.40. The van der Waals surface area contributed by atoms with Gasteiger partial charge in [-0.1, -0.05) is 15.9 Å². The Morgan fingerprint density at radius 2 is 2.00 bits per heavy atom. The molecule has 0 unspecified atom stereocenters. The van der Waals surface area contributed by atoms with Gasteiger partial charge >= 0.3 is 0 Å². The third-order valence-corrected chi connectivity index (χ3v) is 3.36. The molecule has 0 atom stereocenters. The number of rotatable bonds is 6. The summed E-state index contributed by atoms with van der Waals surface area (Å²) in [6.07, 6.45) is 3.46. The van der Waals surface area contributed by atoms with Crippen LogP contribution in [-0.2, 0) is 0 Å². The highest BCUT2D eigenvalue weighted by atomic mass is 79.9. The molecule has 0 saturated carbocycles. The molecule has 0 N–H and O–H groups in total. The van der Waals surface area contributed by atoms with Gasteiger partial charge in [0.15, 0.2) is 0 Å². The number of alkyl halides is 1. The highest BCUT2D eigenvalue weighted by molar-refractivity contribution is 9.09. The van der Waals surface area contributed by atoms with Gasteiger partial charge in [0.05, 0.1) is 0 Å². The standard InChI is InChI=1S/C6H13BrS2/c1-8-5-6-9-4-2-3-7/h2-6H2,1H3. The van der Waals surface area contributed by atoms with Crippen LogP contribution >= 0.6 is 39.5 Å². The van der Waals surface area contributed by atoms with Gasteiger partial charge in [-0.25, -0.2) is 0 Å². The van der Waals surface area contributed by atoms with E-state index in [0.717, 1.165) is 5.33 Å². The van der Waals surface area contributed by atoms with Crippen molar-refractivity contribution in [2.24, 2.45) is 0 Å². The normalized spacial score (nSPS) is 10.0. The zero-order valence-corrected chi connectivity index (χ0v) is 8.95. The minimum absolute atomic E-state index is 1.15. The topological polar surface area (TPSA) is 0 Å². The largest absolute Gasteiger partial charge is 0.165 e. The minimum Gasteiger partial charge on any atom is -0.165 e. The Morgan fingerprint density at radius 3 is 2.56 bits per heavy atom. The molecule has 9 heavy (non-hydrogen) atoms. The van der Waals surface area contributed by atoms with Crippen LogP contribution in [0.15, 0.2) is 0 Å². The van der Waals surface area contributed by atoms with Crippen molar-refractivity contribution in [1.29, 1.82) is 0 Å². The predicted octanol–water partition coefficient (Wildman–Crippen LogP) is 2.87. The maximum atomic E-state index is 3.40. The molecule has 0 aliphatic heterocycles. The Bertz CT molecular complexity index is 44.3. The van der Waals surface area contributed by atoms with Crippen LogP contribution in [0.4, 0.5) is 0 Å². The van der Waals surface area contributed by atoms with Gasteiger partial charge in [-0.2, -0.15) is 23.5 Å². The maximum Gasteiger partial charge on any atom is 0.00391 e. The van der Waals surface area contributed by atoms with E-state index in [1.165, 1.54) is 23.7 Å². The van der Waals surface area contributed by atoms with Crippen LogP contribution in [0.1, 0.15) is 6.42 Å². The molecule has 0 aliphatic rings. The van der Waals surface area contributed by atoms with Crippen LogP contribution < -0.4 is 0 Å². The average Bonchev–Trinajstić information content (AvgIpc) is 1.89. The van der Waals surface area contributed by atoms with Crippen molar-refractivity contribution in [3.05, 3.63) is 0 Å². The van der Waals surface area contributed by atoms with Gasteiger partial charge in [-0.05, 0) is 18.4 Å². The van der Waals surface area contributed by atoms with E-state index in [1.54, 1.807) is 0 Å². The second-order valence-electron chi connectivity index (χ2n) is 1.65. The number of hydrogen-bond donors (Lipinski definition) is 0. The predicted molar refractivity (Wildman–Crippen MR) is 54.1 cm³/mol. The van der Waals surface area contributed by atoms with Gasteiger partial charge < -0.3 is 0 Å². The molecular weight excluding hydrogens is 216 g/mol. The van der Waals surface area contributed by atoms with Gasteiger partial charge in [-0.3, -0.25) is 0 Å². The van der Waals surface area contributed by atoms with E-state index in [9.17, 15) is 0 Å². The van der Waals surface area contributed by atoms with E-state index >= 15 is 0 Å².